The number of aliphatic hydroxyl groups is 1. The molecule has 4 rings (SSSR count). The summed E-state index contributed by atoms with van der Waals surface area (Å²) in [7, 11) is 0. The number of halogens is 4. The van der Waals surface area contributed by atoms with Crippen molar-refractivity contribution in [3.63, 3.8) is 0 Å². The van der Waals surface area contributed by atoms with Gasteiger partial charge >= 0.3 is 0 Å². The van der Waals surface area contributed by atoms with Crippen LogP contribution in [0, 0.1) is 18.6 Å². The third-order valence-electron chi connectivity index (χ3n) is 7.12. The first-order chi connectivity index (χ1) is 19.9. The monoisotopic (exact) mass is 587 g/mol. The van der Waals surface area contributed by atoms with Crippen molar-refractivity contribution in [3.05, 3.63) is 101 Å². The van der Waals surface area contributed by atoms with Crippen LogP contribution >= 0.6 is 0 Å². The van der Waals surface area contributed by atoms with Gasteiger partial charge in [-0.2, -0.15) is 0 Å². The summed E-state index contributed by atoms with van der Waals surface area (Å²) in [5.41, 5.74) is 0.710. The van der Waals surface area contributed by atoms with Crippen molar-refractivity contribution in [1.82, 2.24) is 15.5 Å². The molecule has 3 amide bonds. The van der Waals surface area contributed by atoms with Gasteiger partial charge < -0.3 is 25.7 Å². The molecule has 3 unspecified atom stereocenters. The molecule has 0 aliphatic carbocycles. The lowest BCUT2D eigenvalue weighted by Gasteiger charge is -2.30. The quantitative estimate of drug-likeness (QED) is 0.287. The smallest absolute Gasteiger partial charge is 0.267 e. The van der Waals surface area contributed by atoms with E-state index in [1.54, 1.807) is 30.3 Å². The molecule has 222 valence electrons. The van der Waals surface area contributed by atoms with Gasteiger partial charge in [-0.1, -0.05) is 36.4 Å². The molecule has 3 aromatic rings. The highest BCUT2D eigenvalue weighted by atomic mass is 19.3. The van der Waals surface area contributed by atoms with E-state index in [9.17, 15) is 42.2 Å². The van der Waals surface area contributed by atoms with E-state index < -0.39 is 73.0 Å². The number of benzene rings is 3. The van der Waals surface area contributed by atoms with Gasteiger partial charge in [0, 0.05) is 29.7 Å². The molecule has 1 heterocycles. The van der Waals surface area contributed by atoms with Crippen molar-refractivity contribution in [3.8, 4) is 5.75 Å². The fraction of sp³-hybridized carbons (Fsp3) is 0.300. The normalized spacial score (nSPS) is 17.4. The number of likely N-dealkylation sites (tertiary alicyclic amines) is 1. The van der Waals surface area contributed by atoms with Crippen molar-refractivity contribution < 1.29 is 42.2 Å². The van der Waals surface area contributed by atoms with Crippen LogP contribution in [-0.2, 0) is 22.6 Å². The highest BCUT2D eigenvalue weighted by Gasteiger charge is 2.51. The van der Waals surface area contributed by atoms with Gasteiger partial charge in [0.15, 0.2) is 6.10 Å². The number of rotatable bonds is 9. The molecule has 42 heavy (non-hydrogen) atoms. The minimum Gasteiger partial charge on any atom is -0.508 e. The second-order valence-electron chi connectivity index (χ2n) is 10.2. The van der Waals surface area contributed by atoms with Crippen LogP contribution in [0.1, 0.15) is 33.5 Å². The summed E-state index contributed by atoms with van der Waals surface area (Å²) in [4.78, 5) is 40.0. The number of nitrogens with zero attached hydrogens (tertiary/aromatic N) is 1. The van der Waals surface area contributed by atoms with Gasteiger partial charge in [0.05, 0.1) is 12.6 Å². The SMILES string of the molecule is Cc1c(O)cccc1C(=O)NC(Cc1ccccc1)C(O)C(=O)N1CC(F)(F)CC1C(=O)NCc1cc(F)ccc1F. The average Bonchev–Trinajstić information content (AvgIpc) is 3.29. The zero-order valence-electron chi connectivity index (χ0n) is 22.5. The summed E-state index contributed by atoms with van der Waals surface area (Å²) in [6, 6.07) is 12.3. The molecule has 12 heteroatoms. The van der Waals surface area contributed by atoms with Crippen molar-refractivity contribution in [2.24, 2.45) is 0 Å². The Morgan fingerprint density at radius 1 is 1.05 bits per heavy atom. The Hall–Kier alpha value is -4.45. The first-order valence-corrected chi connectivity index (χ1v) is 13.1. The number of hydrogen-bond acceptors (Lipinski definition) is 5. The third-order valence-corrected chi connectivity index (χ3v) is 7.12. The predicted molar refractivity (Wildman–Crippen MR) is 144 cm³/mol. The van der Waals surface area contributed by atoms with Gasteiger partial charge in [-0.25, -0.2) is 17.6 Å². The lowest BCUT2D eigenvalue weighted by molar-refractivity contribution is -0.147. The molecule has 1 aliphatic rings. The summed E-state index contributed by atoms with van der Waals surface area (Å²) < 4.78 is 56.5. The molecule has 1 fully saturated rings. The maximum absolute atomic E-state index is 14.5. The molecular weight excluding hydrogens is 558 g/mol. The first kappa shape index (κ1) is 30.5. The Morgan fingerprint density at radius 3 is 2.48 bits per heavy atom. The molecule has 0 radical (unpaired) electrons. The maximum atomic E-state index is 14.5. The average molecular weight is 588 g/mol. The van der Waals surface area contributed by atoms with E-state index in [0.717, 1.165) is 18.2 Å². The number of carbonyl (C=O) groups is 3. The molecule has 4 N–H and O–H groups in total. The van der Waals surface area contributed by atoms with E-state index in [1.165, 1.54) is 25.1 Å². The lowest BCUT2D eigenvalue weighted by Crippen LogP contribution is -2.56. The first-order valence-electron chi connectivity index (χ1n) is 13.1. The van der Waals surface area contributed by atoms with E-state index in [-0.39, 0.29) is 28.9 Å². The third kappa shape index (κ3) is 7.06. The van der Waals surface area contributed by atoms with Gasteiger partial charge in [0.1, 0.15) is 23.4 Å². The van der Waals surface area contributed by atoms with Crippen molar-refractivity contribution in [2.45, 2.75) is 50.4 Å². The number of phenolic OH excluding ortho intramolecular Hbond substituents is 1. The number of amides is 3. The highest BCUT2D eigenvalue weighted by Crippen LogP contribution is 2.33. The predicted octanol–water partition coefficient (Wildman–Crippen LogP) is 3.23. The van der Waals surface area contributed by atoms with Gasteiger partial charge in [0.25, 0.3) is 17.7 Å². The second kappa shape index (κ2) is 12.6. The molecule has 0 bridgehead atoms. The summed E-state index contributed by atoms with van der Waals surface area (Å²) in [5, 5.41) is 26.0. The summed E-state index contributed by atoms with van der Waals surface area (Å²) in [6.07, 6.45) is -3.17. The van der Waals surface area contributed by atoms with E-state index in [2.05, 4.69) is 10.6 Å². The fourth-order valence-electron chi connectivity index (χ4n) is 4.83. The molecule has 3 aromatic carbocycles. The van der Waals surface area contributed by atoms with Crippen molar-refractivity contribution in [1.29, 1.82) is 0 Å². The molecular formula is C30H29F4N3O5. The molecule has 0 saturated carbocycles. The van der Waals surface area contributed by atoms with Crippen LogP contribution in [0.15, 0.2) is 66.7 Å². The number of alkyl halides is 2. The Kier molecular flexibility index (Phi) is 9.15. The number of phenols is 1. The Bertz CT molecular complexity index is 1470. The number of aromatic hydroxyl groups is 1. The van der Waals surface area contributed by atoms with Gasteiger partial charge in [-0.15, -0.1) is 0 Å². The molecule has 3 atom stereocenters. The lowest BCUT2D eigenvalue weighted by atomic mass is 9.98. The minimum atomic E-state index is -3.47. The van der Waals surface area contributed by atoms with E-state index >= 15 is 0 Å². The van der Waals surface area contributed by atoms with Crippen LogP contribution in [0.2, 0.25) is 0 Å². The molecule has 1 saturated heterocycles. The van der Waals surface area contributed by atoms with Crippen LogP contribution in [0.4, 0.5) is 17.6 Å². The maximum Gasteiger partial charge on any atom is 0.267 e. The molecule has 0 aromatic heterocycles. The standard InChI is InChI=1S/C30H29F4N3O5/c1-17-21(8-5-9-25(17)38)27(40)36-23(12-18-6-3-2-4-7-18)26(39)29(42)37-16-30(33,34)14-24(37)28(41)35-15-19-13-20(31)10-11-22(19)32/h2-11,13,23-24,26,38-39H,12,14-16H2,1H3,(H,35,41)(H,36,40). The zero-order chi connectivity index (χ0) is 30.6. The van der Waals surface area contributed by atoms with Crippen LogP contribution in [0.3, 0.4) is 0 Å². The summed E-state index contributed by atoms with van der Waals surface area (Å²) in [6.45, 7) is -0.193. The van der Waals surface area contributed by atoms with Crippen molar-refractivity contribution in [2.75, 3.05) is 6.54 Å². The van der Waals surface area contributed by atoms with Gasteiger partial charge in [0.2, 0.25) is 5.91 Å². The fourth-order valence-corrected chi connectivity index (χ4v) is 4.83. The topological polar surface area (TPSA) is 119 Å². The van der Waals surface area contributed by atoms with Crippen LogP contribution in [0.25, 0.3) is 0 Å². The number of aliphatic hydroxyl groups excluding tert-OH is 1. The minimum absolute atomic E-state index is 0.0715. The Morgan fingerprint density at radius 2 is 1.76 bits per heavy atom. The van der Waals surface area contributed by atoms with Crippen LogP contribution in [-0.4, -0.2) is 63.5 Å². The molecule has 1 aliphatic heterocycles. The van der Waals surface area contributed by atoms with E-state index in [1.807, 2.05) is 0 Å². The second-order valence-corrected chi connectivity index (χ2v) is 10.2. The van der Waals surface area contributed by atoms with Crippen LogP contribution in [0.5, 0.6) is 5.75 Å². The zero-order valence-corrected chi connectivity index (χ0v) is 22.5. The Labute approximate surface area is 239 Å². The molecule has 8 nitrogen and oxygen atoms in total. The largest absolute Gasteiger partial charge is 0.508 e. The van der Waals surface area contributed by atoms with E-state index in [0.29, 0.717) is 10.5 Å². The number of hydrogen-bond donors (Lipinski definition) is 4. The summed E-state index contributed by atoms with van der Waals surface area (Å²) in [5.74, 6) is -8.20. The van der Waals surface area contributed by atoms with Crippen molar-refractivity contribution >= 4 is 17.7 Å². The number of carbonyl (C=O) groups excluding carboxylic acids is 3. The molecule has 0 spiro atoms. The Balaban J connectivity index is 1.56. The van der Waals surface area contributed by atoms with Gasteiger partial charge in [-0.05, 0) is 49.2 Å². The van der Waals surface area contributed by atoms with Gasteiger partial charge in [-0.3, -0.25) is 14.4 Å². The van der Waals surface area contributed by atoms with Crippen LogP contribution < -0.4 is 10.6 Å². The summed E-state index contributed by atoms with van der Waals surface area (Å²) >= 11 is 0. The highest BCUT2D eigenvalue weighted by molar-refractivity contribution is 5.97. The van der Waals surface area contributed by atoms with E-state index in [4.69, 9.17) is 0 Å². The number of nitrogens with one attached hydrogen (secondary N) is 2.